The second-order valence-corrected chi connectivity index (χ2v) is 4.15. The highest BCUT2D eigenvalue weighted by molar-refractivity contribution is 7.11. The summed E-state index contributed by atoms with van der Waals surface area (Å²) in [5.41, 5.74) is -1.46. The van der Waals surface area contributed by atoms with Crippen LogP contribution in [-0.2, 0) is 18.9 Å². The van der Waals surface area contributed by atoms with Crippen LogP contribution < -0.4 is 5.32 Å². The third-order valence-corrected chi connectivity index (χ3v) is 2.84. The molecule has 1 N–H and O–H groups in total. The van der Waals surface area contributed by atoms with Gasteiger partial charge in [0.1, 0.15) is 0 Å². The van der Waals surface area contributed by atoms with Crippen LogP contribution in [0.3, 0.4) is 0 Å². The fourth-order valence-electron chi connectivity index (χ4n) is 1.05. The Bertz CT molecular complexity index is 380. The molecule has 0 aliphatic rings. The number of halogens is 6. The summed E-state index contributed by atoms with van der Waals surface area (Å²) in [5, 5.41) is 1.07. The first-order chi connectivity index (χ1) is 7.66. The number of nitrogens with one attached hydrogen (secondary N) is 1. The van der Waals surface area contributed by atoms with Gasteiger partial charge in [-0.25, -0.2) is 4.98 Å². The number of thiazole rings is 1. The predicted octanol–water partition coefficient (Wildman–Crippen LogP) is 3.29. The highest BCUT2D eigenvalue weighted by Crippen LogP contribution is 2.39. The largest absolute Gasteiger partial charge is 0.443 e. The van der Waals surface area contributed by atoms with Gasteiger partial charge in [-0.3, -0.25) is 0 Å². The Morgan fingerprint density at radius 1 is 1.12 bits per heavy atom. The second-order valence-electron chi connectivity index (χ2n) is 3.07. The third kappa shape index (κ3) is 3.56. The van der Waals surface area contributed by atoms with Gasteiger partial charge in [-0.05, 0) is 6.54 Å². The average molecular weight is 278 g/mol. The van der Waals surface area contributed by atoms with Crippen LogP contribution in [0.15, 0.2) is 0 Å². The van der Waals surface area contributed by atoms with Crippen LogP contribution in [0.4, 0.5) is 26.3 Å². The smallest absolute Gasteiger partial charge is 0.312 e. The van der Waals surface area contributed by atoms with Crippen LogP contribution in [0.25, 0.3) is 0 Å². The predicted molar refractivity (Wildman–Crippen MR) is 49.5 cm³/mol. The molecular weight excluding hydrogens is 270 g/mol. The molecule has 0 aliphatic heterocycles. The molecule has 0 bridgehead atoms. The Hall–Kier alpha value is -0.830. The summed E-state index contributed by atoms with van der Waals surface area (Å²) in [6.07, 6.45) is -9.72. The second kappa shape index (κ2) is 4.81. The van der Waals surface area contributed by atoms with Gasteiger partial charge >= 0.3 is 12.4 Å². The van der Waals surface area contributed by atoms with Gasteiger partial charge in [0.25, 0.3) is 0 Å². The van der Waals surface area contributed by atoms with Crippen LogP contribution >= 0.6 is 11.3 Å². The van der Waals surface area contributed by atoms with E-state index >= 15 is 0 Å². The molecule has 0 fully saturated rings. The van der Waals surface area contributed by atoms with Gasteiger partial charge in [0.05, 0.1) is 4.88 Å². The lowest BCUT2D eigenvalue weighted by Crippen LogP contribution is -2.16. The molecule has 98 valence electrons. The zero-order valence-corrected chi connectivity index (χ0v) is 9.35. The first-order valence-corrected chi connectivity index (χ1v) is 5.32. The van der Waals surface area contributed by atoms with Crippen LogP contribution in [0, 0.1) is 0 Å². The van der Waals surface area contributed by atoms with Gasteiger partial charge < -0.3 is 5.32 Å². The molecule has 9 heteroatoms. The molecule has 0 unspecified atom stereocenters. The quantitative estimate of drug-likeness (QED) is 0.858. The zero-order valence-electron chi connectivity index (χ0n) is 8.54. The lowest BCUT2D eigenvalue weighted by Gasteiger charge is -2.05. The summed E-state index contributed by atoms with van der Waals surface area (Å²) in [6.45, 7) is 1.72. The summed E-state index contributed by atoms with van der Waals surface area (Å²) in [4.78, 5) is 2.18. The van der Waals surface area contributed by atoms with E-state index in [1.54, 1.807) is 6.92 Å². The van der Waals surface area contributed by atoms with Gasteiger partial charge in [-0.15, -0.1) is 11.3 Å². The minimum atomic E-state index is -4.87. The van der Waals surface area contributed by atoms with Crippen LogP contribution in [0.5, 0.6) is 0 Å². The maximum atomic E-state index is 12.4. The molecule has 0 radical (unpaired) electrons. The Kier molecular flexibility index (Phi) is 4.03. The number of hydrogen-bond donors (Lipinski definition) is 1. The van der Waals surface area contributed by atoms with Crippen molar-refractivity contribution in [3.63, 3.8) is 0 Å². The van der Waals surface area contributed by atoms with Crippen molar-refractivity contribution < 1.29 is 26.3 Å². The molecule has 0 aromatic carbocycles. The fourth-order valence-corrected chi connectivity index (χ4v) is 1.97. The van der Waals surface area contributed by atoms with Crippen LogP contribution in [0.1, 0.15) is 22.5 Å². The van der Waals surface area contributed by atoms with E-state index in [-0.39, 0.29) is 17.9 Å². The summed E-state index contributed by atoms with van der Waals surface area (Å²) < 4.78 is 74.0. The number of aromatic nitrogens is 1. The van der Waals surface area contributed by atoms with Crippen molar-refractivity contribution in [2.45, 2.75) is 25.8 Å². The molecule has 0 aliphatic carbocycles. The molecular formula is C8H8F6N2S. The summed E-state index contributed by atoms with van der Waals surface area (Å²) >= 11 is 0.0147. The first kappa shape index (κ1) is 14.2. The number of nitrogens with zero attached hydrogens (tertiary/aromatic N) is 1. The Balaban J connectivity index is 3.13. The van der Waals surface area contributed by atoms with Gasteiger partial charge in [-0.1, -0.05) is 6.92 Å². The van der Waals surface area contributed by atoms with E-state index in [2.05, 4.69) is 10.3 Å². The van der Waals surface area contributed by atoms with Crippen molar-refractivity contribution in [1.82, 2.24) is 10.3 Å². The molecule has 0 saturated carbocycles. The molecule has 0 saturated heterocycles. The SMILES string of the molecule is CCNCc1sc(C(F)(F)F)nc1C(F)(F)F. The monoisotopic (exact) mass is 278 g/mol. The highest BCUT2D eigenvalue weighted by atomic mass is 32.1. The molecule has 1 aromatic heterocycles. The van der Waals surface area contributed by atoms with Gasteiger partial charge in [0.15, 0.2) is 10.7 Å². The molecule has 0 atom stereocenters. The van der Waals surface area contributed by atoms with Crippen molar-refractivity contribution in [2.75, 3.05) is 6.54 Å². The molecule has 0 spiro atoms. The van der Waals surface area contributed by atoms with E-state index < -0.39 is 27.9 Å². The van der Waals surface area contributed by atoms with E-state index in [0.717, 1.165) is 0 Å². The van der Waals surface area contributed by atoms with Crippen LogP contribution in [-0.4, -0.2) is 11.5 Å². The minimum Gasteiger partial charge on any atom is -0.312 e. The molecule has 1 heterocycles. The van der Waals surface area contributed by atoms with E-state index in [0.29, 0.717) is 6.54 Å². The third-order valence-electron chi connectivity index (χ3n) is 1.74. The molecule has 17 heavy (non-hydrogen) atoms. The number of hydrogen-bond acceptors (Lipinski definition) is 3. The Morgan fingerprint density at radius 2 is 1.71 bits per heavy atom. The molecule has 0 amide bonds. The maximum absolute atomic E-state index is 12.4. The van der Waals surface area contributed by atoms with Gasteiger partial charge in [0.2, 0.25) is 0 Å². The van der Waals surface area contributed by atoms with Crippen molar-refractivity contribution in [3.8, 4) is 0 Å². The van der Waals surface area contributed by atoms with E-state index in [1.165, 1.54) is 0 Å². The number of rotatable bonds is 3. The van der Waals surface area contributed by atoms with E-state index in [9.17, 15) is 26.3 Å². The topological polar surface area (TPSA) is 24.9 Å². The van der Waals surface area contributed by atoms with Crippen LogP contribution in [0.2, 0.25) is 0 Å². The Morgan fingerprint density at radius 3 is 2.12 bits per heavy atom. The van der Waals surface area contributed by atoms with E-state index in [1.807, 2.05) is 0 Å². The fraction of sp³-hybridized carbons (Fsp3) is 0.625. The average Bonchev–Trinajstić information content (AvgIpc) is 2.56. The van der Waals surface area contributed by atoms with Gasteiger partial charge in [-0.2, -0.15) is 26.3 Å². The standard InChI is InChI=1S/C8H8F6N2S/c1-2-15-3-4-5(7(9,10)11)16-6(17-4)8(12,13)14/h15H,2-3H2,1H3. The first-order valence-electron chi connectivity index (χ1n) is 4.51. The lowest BCUT2D eigenvalue weighted by molar-refractivity contribution is -0.147. The minimum absolute atomic E-state index is 0.0147. The maximum Gasteiger partial charge on any atom is 0.443 e. The van der Waals surface area contributed by atoms with Crippen molar-refractivity contribution in [3.05, 3.63) is 15.6 Å². The Labute approximate surface area is 96.7 Å². The van der Waals surface area contributed by atoms with Crippen molar-refractivity contribution in [2.24, 2.45) is 0 Å². The molecule has 1 rings (SSSR count). The molecule has 2 nitrogen and oxygen atoms in total. The van der Waals surface area contributed by atoms with Gasteiger partial charge in [0, 0.05) is 6.54 Å². The normalized spacial score (nSPS) is 13.1. The van der Waals surface area contributed by atoms with Crippen molar-refractivity contribution in [1.29, 1.82) is 0 Å². The highest BCUT2D eigenvalue weighted by Gasteiger charge is 2.42. The zero-order chi connectivity index (χ0) is 13.3. The number of alkyl halides is 6. The summed E-state index contributed by atoms with van der Waals surface area (Å²) in [6, 6.07) is 0. The lowest BCUT2D eigenvalue weighted by atomic mass is 10.3. The van der Waals surface area contributed by atoms with Crippen molar-refractivity contribution >= 4 is 11.3 Å². The summed E-state index contributed by atoms with van der Waals surface area (Å²) in [7, 11) is 0. The van der Waals surface area contributed by atoms with E-state index in [4.69, 9.17) is 0 Å². The summed E-state index contributed by atoms with van der Waals surface area (Å²) in [5.74, 6) is 0. The molecule has 1 aromatic rings.